The fourth-order valence-electron chi connectivity index (χ4n) is 2.38. The molecule has 0 aromatic carbocycles. The van der Waals surface area contributed by atoms with Crippen LogP contribution in [0.25, 0.3) is 23.2 Å². The highest BCUT2D eigenvalue weighted by Gasteiger charge is 2.04. The second-order valence-electron chi connectivity index (χ2n) is 5.49. The molecule has 0 fully saturated rings. The van der Waals surface area contributed by atoms with E-state index < -0.39 is 0 Å². The van der Waals surface area contributed by atoms with Crippen LogP contribution < -0.4 is 16.4 Å². The number of nitrogens with zero attached hydrogens (tertiary/aromatic N) is 2. The average molecular weight is 282 g/mol. The summed E-state index contributed by atoms with van der Waals surface area (Å²) < 4.78 is 1.64. The van der Waals surface area contributed by atoms with Crippen molar-refractivity contribution < 1.29 is 0 Å². The van der Waals surface area contributed by atoms with Crippen LogP contribution in [-0.4, -0.2) is 19.5 Å². The summed E-state index contributed by atoms with van der Waals surface area (Å²) >= 11 is 0. The minimum absolute atomic E-state index is 0.0276. The van der Waals surface area contributed by atoms with E-state index in [-0.39, 0.29) is 5.56 Å². The maximum atomic E-state index is 12.3. The molecule has 3 aromatic rings. The number of H-pyrrole nitrogens is 2. The van der Waals surface area contributed by atoms with E-state index in [0.717, 1.165) is 22.1 Å². The van der Waals surface area contributed by atoms with Crippen molar-refractivity contribution >= 4 is 23.2 Å². The van der Waals surface area contributed by atoms with Crippen LogP contribution in [0.2, 0.25) is 0 Å². The quantitative estimate of drug-likeness (QED) is 0.732. The van der Waals surface area contributed by atoms with Crippen molar-refractivity contribution in [3.05, 3.63) is 51.3 Å². The van der Waals surface area contributed by atoms with E-state index in [2.05, 4.69) is 28.8 Å². The third kappa shape index (κ3) is 2.42. The van der Waals surface area contributed by atoms with E-state index in [1.165, 1.54) is 0 Å². The molecule has 0 aliphatic rings. The molecule has 3 heterocycles. The number of hydrogen-bond acceptors (Lipinski definition) is 2. The summed E-state index contributed by atoms with van der Waals surface area (Å²) in [4.78, 5) is 22.8. The van der Waals surface area contributed by atoms with Gasteiger partial charge in [-0.05, 0) is 30.2 Å². The Morgan fingerprint density at radius 3 is 2.95 bits per heavy atom. The van der Waals surface area contributed by atoms with Gasteiger partial charge >= 0.3 is 0 Å². The van der Waals surface area contributed by atoms with Crippen LogP contribution in [0.5, 0.6) is 0 Å². The Bertz CT molecular complexity index is 956. The molecular weight excluding hydrogens is 264 g/mol. The Balaban J connectivity index is 2.23. The maximum absolute atomic E-state index is 12.3. The fourth-order valence-corrected chi connectivity index (χ4v) is 2.38. The lowest BCUT2D eigenvalue weighted by atomic mass is 10.2. The van der Waals surface area contributed by atoms with Gasteiger partial charge in [-0.15, -0.1) is 0 Å². The van der Waals surface area contributed by atoms with E-state index in [9.17, 15) is 4.79 Å². The molecule has 0 unspecified atom stereocenters. The third-order valence-corrected chi connectivity index (χ3v) is 3.43. The molecular formula is C16H18N4O. The van der Waals surface area contributed by atoms with Crippen LogP contribution in [0.1, 0.15) is 19.4 Å². The molecule has 0 aliphatic carbocycles. The monoisotopic (exact) mass is 282 g/mol. The SMILES string of the molecule is CC(C)/C=c1\[nH]/c(=C\c2c[nH]c3ncccc23)c(=O)n1C. The number of aromatic amines is 2. The summed E-state index contributed by atoms with van der Waals surface area (Å²) in [5.41, 5.74) is 2.58. The number of nitrogens with one attached hydrogen (secondary N) is 2. The smallest absolute Gasteiger partial charge is 0.275 e. The number of rotatable bonds is 2. The lowest BCUT2D eigenvalue weighted by Gasteiger charge is -1.92. The van der Waals surface area contributed by atoms with Crippen molar-refractivity contribution in [1.82, 2.24) is 19.5 Å². The summed E-state index contributed by atoms with van der Waals surface area (Å²) in [7, 11) is 1.78. The van der Waals surface area contributed by atoms with Crippen LogP contribution in [0, 0.1) is 5.92 Å². The Kier molecular flexibility index (Phi) is 3.25. The zero-order chi connectivity index (χ0) is 15.0. The number of pyridine rings is 1. The molecule has 0 spiro atoms. The average Bonchev–Trinajstić information content (AvgIpc) is 2.97. The normalized spacial score (nSPS) is 13.7. The van der Waals surface area contributed by atoms with E-state index in [0.29, 0.717) is 11.3 Å². The standard InChI is InChI=1S/C16H18N4O/c1-10(2)7-14-19-13(16(21)20(14)3)8-11-9-18-15-12(11)5-4-6-17-15/h4-10,19H,1-3H3,(H,17,18)/b13-8-,14-7+. The summed E-state index contributed by atoms with van der Waals surface area (Å²) in [5.74, 6) is 0.374. The van der Waals surface area contributed by atoms with Gasteiger partial charge in [0.15, 0.2) is 0 Å². The van der Waals surface area contributed by atoms with Gasteiger partial charge in [0.2, 0.25) is 0 Å². The highest BCUT2D eigenvalue weighted by molar-refractivity contribution is 5.85. The van der Waals surface area contributed by atoms with Crippen LogP contribution in [-0.2, 0) is 7.05 Å². The molecule has 3 rings (SSSR count). The predicted octanol–water partition coefficient (Wildman–Crippen LogP) is 0.855. The van der Waals surface area contributed by atoms with Gasteiger partial charge in [0.25, 0.3) is 5.56 Å². The van der Waals surface area contributed by atoms with Crippen LogP contribution in [0.15, 0.2) is 29.3 Å². The predicted molar refractivity (Wildman–Crippen MR) is 84.2 cm³/mol. The Morgan fingerprint density at radius 1 is 1.38 bits per heavy atom. The van der Waals surface area contributed by atoms with Gasteiger partial charge in [0.05, 0.1) is 0 Å². The number of hydrogen-bond donors (Lipinski definition) is 2. The van der Waals surface area contributed by atoms with E-state index >= 15 is 0 Å². The number of aromatic nitrogens is 4. The zero-order valence-corrected chi connectivity index (χ0v) is 12.3. The third-order valence-electron chi connectivity index (χ3n) is 3.43. The van der Waals surface area contributed by atoms with Crippen molar-refractivity contribution in [3.8, 4) is 0 Å². The molecule has 2 N–H and O–H groups in total. The molecule has 0 aliphatic heterocycles. The summed E-state index contributed by atoms with van der Waals surface area (Å²) in [6.07, 6.45) is 7.51. The molecule has 0 atom stereocenters. The molecule has 0 saturated carbocycles. The van der Waals surface area contributed by atoms with Gasteiger partial charge in [-0.25, -0.2) is 4.98 Å². The van der Waals surface area contributed by atoms with Gasteiger partial charge in [0, 0.05) is 30.4 Å². The molecule has 108 valence electrons. The van der Waals surface area contributed by atoms with E-state index in [1.807, 2.05) is 30.5 Å². The second-order valence-corrected chi connectivity index (χ2v) is 5.49. The first kappa shape index (κ1) is 13.4. The molecule has 3 aromatic heterocycles. The molecule has 5 nitrogen and oxygen atoms in total. The highest BCUT2D eigenvalue weighted by Crippen LogP contribution is 2.15. The topological polar surface area (TPSA) is 66.5 Å². The summed E-state index contributed by atoms with van der Waals surface area (Å²) in [6.45, 7) is 4.17. The van der Waals surface area contributed by atoms with Crippen LogP contribution >= 0.6 is 0 Å². The fraction of sp³-hybridized carbons (Fsp3) is 0.250. The minimum atomic E-state index is -0.0276. The maximum Gasteiger partial charge on any atom is 0.275 e. The van der Waals surface area contributed by atoms with Gasteiger partial charge < -0.3 is 9.97 Å². The van der Waals surface area contributed by atoms with E-state index in [1.54, 1.807) is 17.8 Å². The zero-order valence-electron chi connectivity index (χ0n) is 12.3. The molecule has 0 bridgehead atoms. The van der Waals surface area contributed by atoms with Crippen molar-refractivity contribution in [2.45, 2.75) is 13.8 Å². The lowest BCUT2D eigenvalue weighted by molar-refractivity contribution is 0.806. The second kappa shape index (κ2) is 5.09. The van der Waals surface area contributed by atoms with Gasteiger partial charge in [-0.2, -0.15) is 0 Å². The van der Waals surface area contributed by atoms with Crippen LogP contribution in [0.4, 0.5) is 0 Å². The number of fused-ring (bicyclic) bond motifs is 1. The van der Waals surface area contributed by atoms with E-state index in [4.69, 9.17) is 0 Å². The number of imidazole rings is 1. The summed E-state index contributed by atoms with van der Waals surface area (Å²) in [5, 5.41) is 1.58. The Hall–Kier alpha value is -2.56. The van der Waals surface area contributed by atoms with Crippen molar-refractivity contribution in [2.24, 2.45) is 13.0 Å². The molecule has 0 saturated heterocycles. The Morgan fingerprint density at radius 2 is 2.19 bits per heavy atom. The van der Waals surface area contributed by atoms with Crippen LogP contribution in [0.3, 0.4) is 0 Å². The van der Waals surface area contributed by atoms with Gasteiger partial charge in [-0.3, -0.25) is 9.36 Å². The van der Waals surface area contributed by atoms with Crippen molar-refractivity contribution in [3.63, 3.8) is 0 Å². The Labute approximate surface area is 121 Å². The first-order valence-electron chi connectivity index (χ1n) is 6.97. The summed E-state index contributed by atoms with van der Waals surface area (Å²) in [6, 6.07) is 3.87. The molecule has 5 heteroatoms. The van der Waals surface area contributed by atoms with Crippen molar-refractivity contribution in [2.75, 3.05) is 0 Å². The largest absolute Gasteiger partial charge is 0.346 e. The molecule has 0 amide bonds. The highest BCUT2D eigenvalue weighted by atomic mass is 16.1. The lowest BCUT2D eigenvalue weighted by Crippen LogP contribution is -2.29. The first-order chi connectivity index (χ1) is 10.1. The van der Waals surface area contributed by atoms with Gasteiger partial charge in [0.1, 0.15) is 16.5 Å². The minimum Gasteiger partial charge on any atom is -0.346 e. The van der Waals surface area contributed by atoms with Crippen molar-refractivity contribution in [1.29, 1.82) is 0 Å². The first-order valence-corrected chi connectivity index (χ1v) is 6.97. The van der Waals surface area contributed by atoms with Gasteiger partial charge in [-0.1, -0.05) is 13.8 Å². The molecule has 21 heavy (non-hydrogen) atoms. The molecule has 0 radical (unpaired) electrons.